The van der Waals surface area contributed by atoms with Crippen LogP contribution in [0.15, 0.2) is 34.8 Å². The van der Waals surface area contributed by atoms with E-state index in [1.807, 2.05) is 6.08 Å². The van der Waals surface area contributed by atoms with Crippen LogP contribution in [0, 0.1) is 0 Å². The summed E-state index contributed by atoms with van der Waals surface area (Å²) in [5, 5.41) is 21.1. The zero-order valence-electron chi connectivity index (χ0n) is 12.9. The van der Waals surface area contributed by atoms with Crippen molar-refractivity contribution in [3.05, 3.63) is 56.1 Å². The number of methoxy groups -OCH3 is 1. The van der Waals surface area contributed by atoms with E-state index in [2.05, 4.69) is 20.9 Å². The Kier molecular flexibility index (Phi) is 5.08. The van der Waals surface area contributed by atoms with Crippen LogP contribution in [-0.2, 0) is 0 Å². The van der Waals surface area contributed by atoms with Crippen molar-refractivity contribution >= 4 is 62.2 Å². The van der Waals surface area contributed by atoms with Crippen molar-refractivity contribution in [2.45, 2.75) is 0 Å². The maximum atomic E-state index is 10.1. The van der Waals surface area contributed by atoms with Crippen molar-refractivity contribution in [1.29, 1.82) is 0 Å². The summed E-state index contributed by atoms with van der Waals surface area (Å²) in [6.45, 7) is 0. The Morgan fingerprint density at radius 3 is 2.52 bits per heavy atom. The van der Waals surface area contributed by atoms with Gasteiger partial charge < -0.3 is 14.9 Å². The molecule has 3 rings (SSSR count). The molecule has 4 nitrogen and oxygen atoms in total. The highest BCUT2D eigenvalue weighted by Crippen LogP contribution is 2.37. The highest BCUT2D eigenvalue weighted by Gasteiger charge is 2.11. The SMILES string of the molecule is COc1cc(C=Cc2ccc3c(Cl)cc(Cl)c(O)c3n2)cc(Br)c1O. The second-order valence-electron chi connectivity index (χ2n) is 5.21. The number of aromatic hydroxyl groups is 2. The number of phenols is 2. The van der Waals surface area contributed by atoms with Gasteiger partial charge in [0.05, 0.1) is 27.3 Å². The van der Waals surface area contributed by atoms with Crippen molar-refractivity contribution in [2.24, 2.45) is 0 Å². The number of aromatic nitrogens is 1. The van der Waals surface area contributed by atoms with Crippen LogP contribution >= 0.6 is 39.1 Å². The Morgan fingerprint density at radius 1 is 1.04 bits per heavy atom. The van der Waals surface area contributed by atoms with Crippen LogP contribution in [0.25, 0.3) is 23.1 Å². The minimum absolute atomic E-state index is 0.0395. The van der Waals surface area contributed by atoms with Gasteiger partial charge in [0, 0.05) is 5.39 Å². The van der Waals surface area contributed by atoms with Crippen molar-refractivity contribution in [3.63, 3.8) is 0 Å². The van der Waals surface area contributed by atoms with E-state index >= 15 is 0 Å². The molecule has 128 valence electrons. The van der Waals surface area contributed by atoms with Gasteiger partial charge >= 0.3 is 0 Å². The summed E-state index contributed by atoms with van der Waals surface area (Å²) in [5.74, 6) is 0.291. The highest BCUT2D eigenvalue weighted by molar-refractivity contribution is 9.10. The summed E-state index contributed by atoms with van der Waals surface area (Å²) in [6.07, 6.45) is 3.58. The van der Waals surface area contributed by atoms with Crippen LogP contribution < -0.4 is 4.74 Å². The smallest absolute Gasteiger partial charge is 0.172 e. The quantitative estimate of drug-likeness (QED) is 0.532. The van der Waals surface area contributed by atoms with E-state index in [0.717, 1.165) is 5.56 Å². The Bertz CT molecular complexity index is 1010. The van der Waals surface area contributed by atoms with E-state index in [0.29, 0.717) is 31.8 Å². The maximum Gasteiger partial charge on any atom is 0.172 e. The minimum Gasteiger partial charge on any atom is -0.504 e. The first-order valence-electron chi connectivity index (χ1n) is 7.13. The summed E-state index contributed by atoms with van der Waals surface area (Å²) in [6, 6.07) is 8.49. The van der Waals surface area contributed by atoms with Gasteiger partial charge in [0.1, 0.15) is 5.52 Å². The van der Waals surface area contributed by atoms with Crippen molar-refractivity contribution < 1.29 is 14.9 Å². The first-order valence-corrected chi connectivity index (χ1v) is 8.68. The Labute approximate surface area is 162 Å². The largest absolute Gasteiger partial charge is 0.504 e. The van der Waals surface area contributed by atoms with Gasteiger partial charge in [-0.2, -0.15) is 0 Å². The molecule has 0 atom stereocenters. The predicted octanol–water partition coefficient (Wildman–Crippen LogP) is 5.89. The van der Waals surface area contributed by atoms with E-state index in [4.69, 9.17) is 27.9 Å². The third-order valence-corrected chi connectivity index (χ3v) is 4.80. The number of benzene rings is 2. The van der Waals surface area contributed by atoms with E-state index in [1.165, 1.54) is 13.2 Å². The normalized spacial score (nSPS) is 11.4. The van der Waals surface area contributed by atoms with Crippen LogP contribution in [0.3, 0.4) is 0 Å². The van der Waals surface area contributed by atoms with E-state index in [-0.39, 0.29) is 16.5 Å². The zero-order valence-corrected chi connectivity index (χ0v) is 16.0. The third kappa shape index (κ3) is 3.54. The Balaban J connectivity index is 2.02. The summed E-state index contributed by atoms with van der Waals surface area (Å²) < 4.78 is 5.65. The topological polar surface area (TPSA) is 62.6 Å². The fourth-order valence-corrected chi connectivity index (χ4v) is 3.31. The molecule has 0 radical (unpaired) electrons. The number of hydrogen-bond donors (Lipinski definition) is 2. The lowest BCUT2D eigenvalue weighted by Gasteiger charge is -2.07. The fraction of sp³-hybridized carbons (Fsp3) is 0.0556. The van der Waals surface area contributed by atoms with Gasteiger partial charge in [0.25, 0.3) is 0 Å². The summed E-state index contributed by atoms with van der Waals surface area (Å²) in [7, 11) is 1.48. The molecular weight excluding hydrogens is 429 g/mol. The van der Waals surface area contributed by atoms with Gasteiger partial charge in [-0.15, -0.1) is 0 Å². The van der Waals surface area contributed by atoms with Crippen LogP contribution in [0.2, 0.25) is 10.0 Å². The molecule has 0 aliphatic heterocycles. The molecule has 0 saturated carbocycles. The molecule has 0 unspecified atom stereocenters. The molecule has 1 aromatic heterocycles. The lowest BCUT2D eigenvalue weighted by Crippen LogP contribution is -1.87. The number of fused-ring (bicyclic) bond motifs is 1. The number of halogens is 3. The molecule has 0 aliphatic carbocycles. The molecule has 0 bridgehead atoms. The predicted molar refractivity (Wildman–Crippen MR) is 105 cm³/mol. The van der Waals surface area contributed by atoms with Crippen molar-refractivity contribution in [2.75, 3.05) is 7.11 Å². The second kappa shape index (κ2) is 7.12. The molecule has 0 spiro atoms. The fourth-order valence-electron chi connectivity index (χ4n) is 2.34. The first kappa shape index (κ1) is 17.9. The maximum absolute atomic E-state index is 10.1. The lowest BCUT2D eigenvalue weighted by molar-refractivity contribution is 0.372. The molecule has 7 heteroatoms. The molecule has 3 aromatic rings. The standard InChI is InChI=1S/C18H12BrCl2NO3/c1-25-15-7-9(6-12(19)17(15)23)2-3-10-4-5-11-13(20)8-14(21)18(24)16(11)22-10/h2-8,23-24H,1H3. The van der Waals surface area contributed by atoms with E-state index < -0.39 is 0 Å². The van der Waals surface area contributed by atoms with Gasteiger partial charge in [-0.1, -0.05) is 29.3 Å². The third-order valence-electron chi connectivity index (χ3n) is 3.60. The zero-order chi connectivity index (χ0) is 18.1. The summed E-state index contributed by atoms with van der Waals surface area (Å²) >= 11 is 15.4. The van der Waals surface area contributed by atoms with Crippen molar-refractivity contribution in [3.8, 4) is 17.2 Å². The average Bonchev–Trinajstić information content (AvgIpc) is 2.60. The van der Waals surface area contributed by atoms with E-state index in [1.54, 1.807) is 30.3 Å². The van der Waals surface area contributed by atoms with E-state index in [9.17, 15) is 10.2 Å². The number of ether oxygens (including phenoxy) is 1. The number of phenolic OH excluding ortho intramolecular Hbond substituents is 2. The molecule has 1 heterocycles. The molecular formula is C18H12BrCl2NO3. The Hall–Kier alpha value is -1.95. The van der Waals surface area contributed by atoms with Crippen molar-refractivity contribution in [1.82, 2.24) is 4.98 Å². The molecule has 0 saturated heterocycles. The van der Waals surface area contributed by atoms with Gasteiger partial charge in [-0.3, -0.25) is 0 Å². The monoisotopic (exact) mass is 439 g/mol. The van der Waals surface area contributed by atoms with Crippen LogP contribution in [-0.4, -0.2) is 22.3 Å². The molecule has 0 fully saturated rings. The number of nitrogens with zero attached hydrogens (tertiary/aromatic N) is 1. The molecule has 25 heavy (non-hydrogen) atoms. The van der Waals surface area contributed by atoms with Gasteiger partial charge in [-0.25, -0.2) is 4.98 Å². The number of rotatable bonds is 3. The molecule has 0 aliphatic rings. The van der Waals surface area contributed by atoms with Crippen LogP contribution in [0.4, 0.5) is 0 Å². The summed E-state index contributed by atoms with van der Waals surface area (Å²) in [5.41, 5.74) is 1.75. The number of hydrogen-bond acceptors (Lipinski definition) is 4. The molecule has 2 N–H and O–H groups in total. The number of pyridine rings is 1. The Morgan fingerprint density at radius 2 is 1.80 bits per heavy atom. The molecule has 2 aromatic carbocycles. The first-order chi connectivity index (χ1) is 11.9. The minimum atomic E-state index is -0.106. The lowest BCUT2D eigenvalue weighted by atomic mass is 10.1. The molecule has 0 amide bonds. The summed E-state index contributed by atoms with van der Waals surface area (Å²) in [4.78, 5) is 4.40. The van der Waals surface area contributed by atoms with Gasteiger partial charge in [0.15, 0.2) is 17.2 Å². The second-order valence-corrected chi connectivity index (χ2v) is 6.88. The van der Waals surface area contributed by atoms with Gasteiger partial charge in [-0.05, 0) is 57.9 Å². The van der Waals surface area contributed by atoms with Gasteiger partial charge in [0.2, 0.25) is 0 Å². The van der Waals surface area contributed by atoms with Crippen LogP contribution in [0.5, 0.6) is 17.2 Å². The average molecular weight is 441 g/mol. The van der Waals surface area contributed by atoms with Crippen LogP contribution in [0.1, 0.15) is 11.3 Å². The highest BCUT2D eigenvalue weighted by atomic mass is 79.9.